The van der Waals surface area contributed by atoms with Crippen LogP contribution in [0.1, 0.15) is 19.3 Å². The van der Waals surface area contributed by atoms with E-state index in [-0.39, 0.29) is 23.8 Å². The van der Waals surface area contributed by atoms with Gasteiger partial charge in [-0.1, -0.05) is 6.07 Å². The van der Waals surface area contributed by atoms with Crippen LogP contribution in [0.4, 0.5) is 11.4 Å². The molecule has 0 atom stereocenters. The van der Waals surface area contributed by atoms with Crippen molar-refractivity contribution in [3.8, 4) is 0 Å². The number of nitrogens with one attached hydrogen (secondary N) is 1. The molecule has 1 aromatic carbocycles. The Morgan fingerprint density at radius 1 is 1.29 bits per heavy atom. The summed E-state index contributed by atoms with van der Waals surface area (Å²) in [7, 11) is -1.57. The van der Waals surface area contributed by atoms with Crippen molar-refractivity contribution in [2.75, 3.05) is 36.3 Å². The highest BCUT2D eigenvalue weighted by Gasteiger charge is 2.11. The lowest BCUT2D eigenvalue weighted by Crippen LogP contribution is -2.16. The average molecular weight is 314 g/mol. The van der Waals surface area contributed by atoms with Gasteiger partial charge in [0, 0.05) is 31.5 Å². The van der Waals surface area contributed by atoms with Gasteiger partial charge in [0.15, 0.2) is 0 Å². The molecule has 6 nitrogen and oxygen atoms in total. The first-order chi connectivity index (χ1) is 9.93. The van der Waals surface area contributed by atoms with Crippen molar-refractivity contribution in [3.05, 3.63) is 24.3 Å². The number of nitrogen functional groups attached to an aromatic ring is 1. The quantitative estimate of drug-likeness (QED) is 0.531. The minimum atomic E-state index is -3.11. The topological polar surface area (TPSA) is 98.5 Å². The van der Waals surface area contributed by atoms with Crippen molar-refractivity contribution in [3.63, 3.8) is 0 Å². The zero-order chi connectivity index (χ0) is 15.7. The van der Waals surface area contributed by atoms with E-state index in [1.54, 1.807) is 24.3 Å². The Morgan fingerprint density at radius 3 is 2.67 bits per heavy atom. The van der Waals surface area contributed by atoms with Gasteiger partial charge < -0.3 is 15.8 Å². The first-order valence-corrected chi connectivity index (χ1v) is 8.60. The van der Waals surface area contributed by atoms with E-state index in [1.807, 2.05) is 0 Å². The van der Waals surface area contributed by atoms with E-state index >= 15 is 0 Å². The van der Waals surface area contributed by atoms with Crippen LogP contribution in [0.5, 0.6) is 0 Å². The summed E-state index contributed by atoms with van der Waals surface area (Å²) in [6.45, 7) is 0.426. The zero-order valence-electron chi connectivity index (χ0n) is 12.2. The number of carbonyl (C=O) groups excluding carboxylic acids is 1. The summed E-state index contributed by atoms with van der Waals surface area (Å²) in [6.07, 6.45) is 0.954. The van der Waals surface area contributed by atoms with Crippen LogP contribution >= 0.6 is 0 Å². The first-order valence-electron chi connectivity index (χ1n) is 6.78. The summed E-state index contributed by atoms with van der Waals surface area (Å²) in [5, 5.41) is 2.69. The molecular formula is C14H22N2O4S. The normalized spacial score (nSPS) is 11.3. The van der Waals surface area contributed by atoms with Crippen molar-refractivity contribution < 1.29 is 17.9 Å². The lowest BCUT2D eigenvalue weighted by molar-refractivity contribution is -0.116. The van der Waals surface area contributed by atoms with Crippen LogP contribution in [-0.2, 0) is 19.4 Å². The average Bonchev–Trinajstić information content (AvgIpc) is 2.38. The molecule has 21 heavy (non-hydrogen) atoms. The van der Waals surface area contributed by atoms with Gasteiger partial charge >= 0.3 is 0 Å². The second-order valence-electron chi connectivity index (χ2n) is 4.78. The van der Waals surface area contributed by atoms with E-state index in [9.17, 15) is 13.2 Å². The van der Waals surface area contributed by atoms with E-state index in [0.717, 1.165) is 0 Å². The highest BCUT2D eigenvalue weighted by molar-refractivity contribution is 7.91. The fraction of sp³-hybridized carbons (Fsp3) is 0.500. The van der Waals surface area contributed by atoms with E-state index in [0.29, 0.717) is 30.8 Å². The Labute approximate surface area is 125 Å². The number of amides is 1. The Hall–Kier alpha value is -1.60. The summed E-state index contributed by atoms with van der Waals surface area (Å²) in [4.78, 5) is 11.7. The molecule has 0 saturated heterocycles. The van der Waals surface area contributed by atoms with E-state index in [4.69, 9.17) is 10.5 Å². The number of hydrogen-bond acceptors (Lipinski definition) is 5. The zero-order valence-corrected chi connectivity index (χ0v) is 13.0. The monoisotopic (exact) mass is 314 g/mol. The Kier molecular flexibility index (Phi) is 7.18. The molecule has 0 aliphatic rings. The molecular weight excluding hydrogens is 292 g/mol. The predicted octanol–water partition coefficient (Wildman–Crippen LogP) is 1.44. The van der Waals surface area contributed by atoms with Gasteiger partial charge in [-0.2, -0.15) is 0 Å². The van der Waals surface area contributed by atoms with Gasteiger partial charge in [-0.05, 0) is 31.0 Å². The highest BCUT2D eigenvalue weighted by Crippen LogP contribution is 2.12. The third-order valence-corrected chi connectivity index (χ3v) is 4.65. The molecule has 0 bridgehead atoms. The van der Waals surface area contributed by atoms with Gasteiger partial charge in [-0.3, -0.25) is 4.79 Å². The third-order valence-electron chi connectivity index (χ3n) is 2.83. The van der Waals surface area contributed by atoms with E-state index in [2.05, 4.69) is 5.32 Å². The molecule has 118 valence electrons. The fourth-order valence-corrected chi connectivity index (χ4v) is 3.16. The number of benzene rings is 1. The Morgan fingerprint density at radius 2 is 2.00 bits per heavy atom. The molecule has 0 aromatic heterocycles. The van der Waals surface area contributed by atoms with E-state index in [1.165, 1.54) is 7.11 Å². The SMILES string of the molecule is COCCCS(=O)(=O)CCCC(=O)Nc1cccc(N)c1. The van der Waals surface area contributed by atoms with Crippen molar-refractivity contribution in [1.82, 2.24) is 0 Å². The molecule has 1 amide bonds. The van der Waals surface area contributed by atoms with Crippen LogP contribution < -0.4 is 11.1 Å². The highest BCUT2D eigenvalue weighted by atomic mass is 32.2. The second-order valence-corrected chi connectivity index (χ2v) is 7.08. The van der Waals surface area contributed by atoms with Gasteiger partial charge in [0.05, 0.1) is 11.5 Å². The van der Waals surface area contributed by atoms with Crippen LogP contribution in [0.15, 0.2) is 24.3 Å². The first kappa shape index (κ1) is 17.5. The van der Waals surface area contributed by atoms with Gasteiger partial charge in [0.1, 0.15) is 9.84 Å². The maximum absolute atomic E-state index is 11.7. The van der Waals surface area contributed by atoms with E-state index < -0.39 is 9.84 Å². The number of sulfone groups is 1. The van der Waals surface area contributed by atoms with Crippen molar-refractivity contribution in [1.29, 1.82) is 0 Å². The molecule has 0 spiro atoms. The molecule has 0 unspecified atom stereocenters. The second kappa shape index (κ2) is 8.63. The van der Waals surface area contributed by atoms with Crippen molar-refractivity contribution in [2.45, 2.75) is 19.3 Å². The number of anilines is 2. The molecule has 7 heteroatoms. The van der Waals surface area contributed by atoms with Gasteiger partial charge in [-0.25, -0.2) is 8.42 Å². The number of methoxy groups -OCH3 is 1. The minimum Gasteiger partial charge on any atom is -0.399 e. The summed E-state index contributed by atoms with van der Waals surface area (Å²) < 4.78 is 28.2. The van der Waals surface area contributed by atoms with Gasteiger partial charge in [-0.15, -0.1) is 0 Å². The molecule has 0 heterocycles. The smallest absolute Gasteiger partial charge is 0.224 e. The number of ether oxygens (including phenoxy) is 1. The number of carbonyl (C=O) groups is 1. The fourth-order valence-electron chi connectivity index (χ4n) is 1.82. The molecule has 3 N–H and O–H groups in total. The molecule has 0 radical (unpaired) electrons. The molecule has 1 aromatic rings. The van der Waals surface area contributed by atoms with Crippen molar-refractivity contribution >= 4 is 27.1 Å². The molecule has 0 aliphatic carbocycles. The molecule has 0 aliphatic heterocycles. The Bertz CT molecular complexity index is 558. The number of nitrogens with two attached hydrogens (primary N) is 1. The van der Waals surface area contributed by atoms with Gasteiger partial charge in [0.2, 0.25) is 5.91 Å². The molecule has 0 saturated carbocycles. The largest absolute Gasteiger partial charge is 0.399 e. The maximum atomic E-state index is 11.7. The Balaban J connectivity index is 2.30. The predicted molar refractivity (Wildman–Crippen MR) is 83.9 cm³/mol. The number of hydrogen-bond donors (Lipinski definition) is 2. The van der Waals surface area contributed by atoms with Crippen molar-refractivity contribution in [2.24, 2.45) is 0 Å². The lowest BCUT2D eigenvalue weighted by Gasteiger charge is -2.06. The standard InChI is InChI=1S/C14H22N2O4S/c1-20-8-4-10-21(18,19)9-3-7-14(17)16-13-6-2-5-12(15)11-13/h2,5-6,11H,3-4,7-10,15H2,1H3,(H,16,17). The number of rotatable bonds is 9. The molecule has 0 fully saturated rings. The summed E-state index contributed by atoms with van der Waals surface area (Å²) >= 11 is 0. The van der Waals surface area contributed by atoms with Gasteiger partial charge in [0.25, 0.3) is 0 Å². The maximum Gasteiger partial charge on any atom is 0.224 e. The summed E-state index contributed by atoms with van der Waals surface area (Å²) in [5.74, 6) is -0.105. The minimum absolute atomic E-state index is 0.0149. The van der Waals surface area contributed by atoms with Crippen LogP contribution in [-0.4, -0.2) is 39.5 Å². The third kappa shape index (κ3) is 7.67. The lowest BCUT2D eigenvalue weighted by atomic mass is 10.2. The summed E-state index contributed by atoms with van der Waals surface area (Å²) in [6, 6.07) is 6.85. The van der Waals surface area contributed by atoms with Crippen LogP contribution in [0.25, 0.3) is 0 Å². The molecule has 1 rings (SSSR count). The summed E-state index contributed by atoms with van der Waals surface area (Å²) in [5.41, 5.74) is 6.79. The van der Waals surface area contributed by atoms with Crippen LogP contribution in [0, 0.1) is 0 Å². The van der Waals surface area contributed by atoms with Crippen LogP contribution in [0.2, 0.25) is 0 Å². The van der Waals surface area contributed by atoms with Crippen LogP contribution in [0.3, 0.4) is 0 Å².